The average Bonchev–Trinajstić information content (AvgIpc) is 2.29. The molecule has 0 unspecified atom stereocenters. The number of carbonyl (C=O) groups excluding carboxylic acids is 1. The van der Waals surface area contributed by atoms with Crippen molar-refractivity contribution in [1.82, 2.24) is 0 Å². The molecule has 0 aliphatic heterocycles. The maximum atomic E-state index is 11.5. The van der Waals surface area contributed by atoms with E-state index < -0.39 is 4.84 Å². The van der Waals surface area contributed by atoms with E-state index in [4.69, 9.17) is 23.2 Å². The van der Waals surface area contributed by atoms with Crippen molar-refractivity contribution in [2.45, 2.75) is 31.5 Å². The molecule has 0 aliphatic carbocycles. The zero-order valence-corrected chi connectivity index (χ0v) is 10.9. The summed E-state index contributed by atoms with van der Waals surface area (Å²) in [5, 5.41) is 2.78. The molecule has 1 rings (SSSR count). The molecule has 0 heterocycles. The predicted octanol–water partition coefficient (Wildman–Crippen LogP) is 3.55. The van der Waals surface area contributed by atoms with E-state index in [2.05, 4.69) is 5.32 Å². The van der Waals surface area contributed by atoms with Gasteiger partial charge in [0.25, 0.3) is 5.91 Å². The number of amides is 1. The van der Waals surface area contributed by atoms with Crippen LogP contribution in [0.4, 0.5) is 5.69 Å². The number of halogens is 2. The first kappa shape index (κ1) is 13.3. The molecule has 0 saturated heterocycles. The molecular weight excluding hydrogens is 245 g/mol. The van der Waals surface area contributed by atoms with E-state index in [1.165, 1.54) is 0 Å². The van der Waals surface area contributed by atoms with Gasteiger partial charge in [0, 0.05) is 5.69 Å². The minimum Gasteiger partial charge on any atom is -0.323 e. The fourth-order valence-electron chi connectivity index (χ4n) is 1.58. The van der Waals surface area contributed by atoms with E-state index in [1.54, 1.807) is 0 Å². The van der Waals surface area contributed by atoms with Gasteiger partial charge in [-0.3, -0.25) is 4.79 Å². The van der Waals surface area contributed by atoms with Crippen LogP contribution in [0.1, 0.15) is 25.0 Å². The summed E-state index contributed by atoms with van der Waals surface area (Å²) >= 11 is 11.0. The highest BCUT2D eigenvalue weighted by atomic mass is 35.5. The Bertz CT molecular complexity index is 355. The zero-order chi connectivity index (χ0) is 12.1. The number of alkyl halides is 2. The lowest BCUT2D eigenvalue weighted by Crippen LogP contribution is -2.20. The van der Waals surface area contributed by atoms with Crippen LogP contribution in [0.25, 0.3) is 0 Å². The first-order chi connectivity index (χ1) is 7.60. The van der Waals surface area contributed by atoms with E-state index in [9.17, 15) is 4.79 Å². The summed E-state index contributed by atoms with van der Waals surface area (Å²) in [6.07, 6.45) is 1.72. The number of nitrogens with one attached hydrogen (secondary N) is 1. The molecule has 1 N–H and O–H groups in total. The highest BCUT2D eigenvalue weighted by Gasteiger charge is 2.14. The Balaban J connectivity index is 3.04. The largest absolute Gasteiger partial charge is 0.323 e. The Morgan fingerprint density at radius 2 is 1.75 bits per heavy atom. The molecule has 0 saturated carbocycles. The highest BCUT2D eigenvalue weighted by Crippen LogP contribution is 2.23. The van der Waals surface area contributed by atoms with Crippen molar-refractivity contribution >= 4 is 34.8 Å². The van der Waals surface area contributed by atoms with Gasteiger partial charge < -0.3 is 5.32 Å². The molecule has 0 aromatic heterocycles. The Labute approximate surface area is 106 Å². The standard InChI is InChI=1S/C12H15Cl2NO/c1-3-8-6-5-7-9(4-2)10(8)15-12(16)11(13)14/h5-7,11H,3-4H2,1-2H3,(H,15,16). The van der Waals surface area contributed by atoms with Gasteiger partial charge in [-0.15, -0.1) is 0 Å². The summed E-state index contributed by atoms with van der Waals surface area (Å²) in [5.41, 5.74) is 3.05. The molecule has 1 amide bonds. The summed E-state index contributed by atoms with van der Waals surface area (Å²) < 4.78 is 0. The maximum absolute atomic E-state index is 11.5. The Kier molecular flexibility index (Phi) is 5.10. The van der Waals surface area contributed by atoms with Gasteiger partial charge in [-0.1, -0.05) is 55.2 Å². The third-order valence-corrected chi connectivity index (χ3v) is 2.84. The van der Waals surface area contributed by atoms with Crippen LogP contribution in [0.3, 0.4) is 0 Å². The lowest BCUT2D eigenvalue weighted by atomic mass is 10.0. The van der Waals surface area contributed by atoms with Gasteiger partial charge in [-0.05, 0) is 24.0 Å². The van der Waals surface area contributed by atoms with Crippen molar-refractivity contribution in [3.8, 4) is 0 Å². The maximum Gasteiger partial charge on any atom is 0.257 e. The van der Waals surface area contributed by atoms with E-state index >= 15 is 0 Å². The van der Waals surface area contributed by atoms with Crippen molar-refractivity contribution < 1.29 is 4.79 Å². The Hall–Kier alpha value is -0.730. The van der Waals surface area contributed by atoms with E-state index in [1.807, 2.05) is 32.0 Å². The summed E-state index contributed by atoms with van der Waals surface area (Å²) in [6.45, 7) is 4.09. The highest BCUT2D eigenvalue weighted by molar-refractivity contribution is 6.54. The molecule has 4 heteroatoms. The molecular formula is C12H15Cl2NO. The second-order valence-corrected chi connectivity index (χ2v) is 4.54. The van der Waals surface area contributed by atoms with Crippen LogP contribution < -0.4 is 5.32 Å². The fraction of sp³-hybridized carbons (Fsp3) is 0.417. The van der Waals surface area contributed by atoms with Crippen LogP contribution in [0.2, 0.25) is 0 Å². The van der Waals surface area contributed by atoms with Crippen LogP contribution in [0.15, 0.2) is 18.2 Å². The number of hydrogen-bond donors (Lipinski definition) is 1. The fourth-order valence-corrected chi connectivity index (χ4v) is 1.69. The zero-order valence-electron chi connectivity index (χ0n) is 9.39. The number of anilines is 1. The monoisotopic (exact) mass is 259 g/mol. The normalized spacial score (nSPS) is 10.6. The predicted molar refractivity (Wildman–Crippen MR) is 69.3 cm³/mol. The number of aryl methyl sites for hydroxylation is 2. The van der Waals surface area contributed by atoms with Crippen molar-refractivity contribution in [2.24, 2.45) is 0 Å². The number of para-hydroxylation sites is 1. The topological polar surface area (TPSA) is 29.1 Å². The van der Waals surface area contributed by atoms with Crippen molar-refractivity contribution in [3.05, 3.63) is 29.3 Å². The molecule has 88 valence electrons. The smallest absolute Gasteiger partial charge is 0.257 e. The summed E-state index contributed by atoms with van der Waals surface area (Å²) in [5.74, 6) is -0.376. The van der Waals surface area contributed by atoms with Crippen LogP contribution in [-0.4, -0.2) is 10.7 Å². The van der Waals surface area contributed by atoms with Crippen molar-refractivity contribution in [1.29, 1.82) is 0 Å². The lowest BCUT2D eigenvalue weighted by Gasteiger charge is -2.14. The molecule has 1 aromatic carbocycles. The molecule has 0 spiro atoms. The number of carbonyl (C=O) groups is 1. The number of benzene rings is 1. The summed E-state index contributed by atoms with van der Waals surface area (Å²) in [7, 11) is 0. The first-order valence-corrected chi connectivity index (χ1v) is 6.17. The second-order valence-electron chi connectivity index (χ2n) is 3.45. The van der Waals surface area contributed by atoms with Gasteiger partial charge in [-0.2, -0.15) is 0 Å². The summed E-state index contributed by atoms with van der Waals surface area (Å²) in [4.78, 5) is 10.4. The molecule has 0 radical (unpaired) electrons. The molecule has 1 aromatic rings. The van der Waals surface area contributed by atoms with Crippen LogP contribution >= 0.6 is 23.2 Å². The van der Waals surface area contributed by atoms with Gasteiger partial charge in [0.15, 0.2) is 4.84 Å². The van der Waals surface area contributed by atoms with Crippen LogP contribution in [0.5, 0.6) is 0 Å². The van der Waals surface area contributed by atoms with Crippen LogP contribution in [-0.2, 0) is 17.6 Å². The molecule has 2 nitrogen and oxygen atoms in total. The van der Waals surface area contributed by atoms with Crippen LogP contribution in [0, 0.1) is 0 Å². The molecule has 0 fully saturated rings. The number of rotatable bonds is 4. The van der Waals surface area contributed by atoms with E-state index in [-0.39, 0.29) is 5.91 Å². The van der Waals surface area contributed by atoms with Gasteiger partial charge in [0.05, 0.1) is 0 Å². The average molecular weight is 260 g/mol. The van der Waals surface area contributed by atoms with Gasteiger partial charge in [0.1, 0.15) is 0 Å². The first-order valence-electron chi connectivity index (χ1n) is 5.29. The van der Waals surface area contributed by atoms with Gasteiger partial charge in [0.2, 0.25) is 0 Å². The quantitative estimate of drug-likeness (QED) is 0.824. The number of hydrogen-bond acceptors (Lipinski definition) is 1. The van der Waals surface area contributed by atoms with Crippen molar-refractivity contribution in [3.63, 3.8) is 0 Å². The third-order valence-electron chi connectivity index (χ3n) is 2.45. The van der Waals surface area contributed by atoms with Gasteiger partial charge >= 0.3 is 0 Å². The second kappa shape index (κ2) is 6.12. The van der Waals surface area contributed by atoms with Gasteiger partial charge in [-0.25, -0.2) is 0 Å². The summed E-state index contributed by atoms with van der Waals surface area (Å²) in [6, 6.07) is 5.98. The molecule has 0 atom stereocenters. The lowest BCUT2D eigenvalue weighted by molar-refractivity contribution is -0.114. The third kappa shape index (κ3) is 3.13. The SMILES string of the molecule is CCc1cccc(CC)c1NC(=O)C(Cl)Cl. The minimum absolute atomic E-state index is 0.376. The molecule has 16 heavy (non-hydrogen) atoms. The molecule has 0 aliphatic rings. The Morgan fingerprint density at radius 3 is 2.12 bits per heavy atom. The van der Waals surface area contributed by atoms with Crippen molar-refractivity contribution in [2.75, 3.05) is 5.32 Å². The van der Waals surface area contributed by atoms with E-state index in [0.717, 1.165) is 29.7 Å². The molecule has 0 bridgehead atoms. The van der Waals surface area contributed by atoms with E-state index in [0.29, 0.717) is 0 Å². The Morgan fingerprint density at radius 1 is 1.25 bits per heavy atom. The minimum atomic E-state index is -1.03.